The third kappa shape index (κ3) is 3.84. The Labute approximate surface area is 122 Å². The van der Waals surface area contributed by atoms with Crippen LogP contribution in [0.2, 0.25) is 0 Å². The fourth-order valence-corrected chi connectivity index (χ4v) is 3.07. The van der Waals surface area contributed by atoms with Crippen molar-refractivity contribution in [1.29, 1.82) is 0 Å². The summed E-state index contributed by atoms with van der Waals surface area (Å²) in [5, 5.41) is 0. The summed E-state index contributed by atoms with van der Waals surface area (Å²) in [6.45, 7) is 5.05. The van der Waals surface area contributed by atoms with Crippen molar-refractivity contribution in [3.8, 4) is 5.75 Å². The molecular formula is C18H26O2. The average molecular weight is 274 g/mol. The van der Waals surface area contributed by atoms with Crippen molar-refractivity contribution in [3.05, 3.63) is 29.8 Å². The van der Waals surface area contributed by atoms with Gasteiger partial charge in [-0.2, -0.15) is 0 Å². The van der Waals surface area contributed by atoms with Gasteiger partial charge in [0.25, 0.3) is 0 Å². The van der Waals surface area contributed by atoms with Gasteiger partial charge in [0, 0.05) is 11.5 Å². The monoisotopic (exact) mass is 274 g/mol. The number of ether oxygens (including phenoxy) is 1. The molecule has 2 nitrogen and oxygen atoms in total. The van der Waals surface area contributed by atoms with E-state index < -0.39 is 0 Å². The van der Waals surface area contributed by atoms with Gasteiger partial charge < -0.3 is 4.74 Å². The van der Waals surface area contributed by atoms with Crippen LogP contribution < -0.4 is 4.74 Å². The fourth-order valence-electron chi connectivity index (χ4n) is 3.07. The van der Waals surface area contributed by atoms with E-state index in [4.69, 9.17) is 4.74 Å². The summed E-state index contributed by atoms with van der Waals surface area (Å²) in [5.74, 6) is 2.16. The summed E-state index contributed by atoms with van der Waals surface area (Å²) in [7, 11) is 0. The lowest BCUT2D eigenvalue weighted by molar-refractivity contribution is 0.0862. The number of benzene rings is 1. The lowest BCUT2D eigenvalue weighted by Gasteiger charge is -2.27. The van der Waals surface area contributed by atoms with E-state index in [2.05, 4.69) is 13.8 Å². The Bertz CT molecular complexity index is 422. The number of Topliss-reactive ketones (excluding diaryl/α,β-unsaturated/α-hetero) is 1. The van der Waals surface area contributed by atoms with E-state index in [1.54, 1.807) is 0 Å². The van der Waals surface area contributed by atoms with Crippen LogP contribution in [0.25, 0.3) is 0 Å². The van der Waals surface area contributed by atoms with Gasteiger partial charge >= 0.3 is 0 Å². The molecule has 2 heteroatoms. The van der Waals surface area contributed by atoms with Crippen LogP contribution in [-0.2, 0) is 0 Å². The molecule has 0 amide bonds. The summed E-state index contributed by atoms with van der Waals surface area (Å²) in [6.07, 6.45) is 6.83. The van der Waals surface area contributed by atoms with Crippen LogP contribution in [0.15, 0.2) is 24.3 Å². The maximum Gasteiger partial charge on any atom is 0.165 e. The minimum atomic E-state index is 0.233. The third-order valence-electron chi connectivity index (χ3n) is 4.34. The zero-order valence-corrected chi connectivity index (χ0v) is 12.7. The van der Waals surface area contributed by atoms with Crippen molar-refractivity contribution < 1.29 is 9.53 Å². The van der Waals surface area contributed by atoms with Gasteiger partial charge in [-0.3, -0.25) is 4.79 Å². The topological polar surface area (TPSA) is 26.3 Å². The zero-order chi connectivity index (χ0) is 14.4. The zero-order valence-electron chi connectivity index (χ0n) is 12.7. The first-order chi connectivity index (χ1) is 9.74. The predicted molar refractivity (Wildman–Crippen MR) is 82.3 cm³/mol. The molecule has 2 rings (SSSR count). The molecule has 2 unspecified atom stereocenters. The van der Waals surface area contributed by atoms with E-state index in [0.29, 0.717) is 5.78 Å². The molecule has 0 N–H and O–H groups in total. The van der Waals surface area contributed by atoms with Crippen molar-refractivity contribution in [1.82, 2.24) is 0 Å². The molecular weight excluding hydrogens is 248 g/mol. The van der Waals surface area contributed by atoms with Crippen LogP contribution in [0.1, 0.15) is 62.7 Å². The molecule has 1 saturated carbocycles. The van der Waals surface area contributed by atoms with Gasteiger partial charge in [0.15, 0.2) is 5.78 Å². The number of rotatable bonds is 6. The molecule has 1 aliphatic rings. The van der Waals surface area contributed by atoms with Crippen LogP contribution >= 0.6 is 0 Å². The first-order valence-corrected chi connectivity index (χ1v) is 8.01. The van der Waals surface area contributed by atoms with E-state index >= 15 is 0 Å². The Morgan fingerprint density at radius 3 is 2.60 bits per heavy atom. The number of carbonyl (C=O) groups excluding carboxylic acids is 1. The number of hydrogen-bond acceptors (Lipinski definition) is 2. The summed E-state index contributed by atoms with van der Waals surface area (Å²) in [5.41, 5.74) is 0.843. The van der Waals surface area contributed by atoms with Gasteiger partial charge in [-0.05, 0) is 49.4 Å². The van der Waals surface area contributed by atoms with Crippen LogP contribution in [0.3, 0.4) is 0 Å². The first-order valence-electron chi connectivity index (χ1n) is 8.01. The molecule has 1 aromatic carbocycles. The molecule has 0 bridgehead atoms. The SMILES string of the molecule is CCCOc1ccc(C(=O)C2CCCC(CC)C2)cc1. The minimum absolute atomic E-state index is 0.233. The van der Waals surface area contributed by atoms with Gasteiger partial charge in [-0.15, -0.1) is 0 Å². The molecule has 0 aromatic heterocycles. The Balaban J connectivity index is 1.98. The second kappa shape index (κ2) is 7.47. The Hall–Kier alpha value is -1.31. The van der Waals surface area contributed by atoms with E-state index in [9.17, 15) is 4.79 Å². The highest BCUT2D eigenvalue weighted by molar-refractivity contribution is 5.98. The maximum absolute atomic E-state index is 12.5. The average Bonchev–Trinajstić information content (AvgIpc) is 2.52. The van der Waals surface area contributed by atoms with Crippen molar-refractivity contribution in [3.63, 3.8) is 0 Å². The van der Waals surface area contributed by atoms with Crippen LogP contribution in [0.5, 0.6) is 5.75 Å². The summed E-state index contributed by atoms with van der Waals surface area (Å²) < 4.78 is 5.56. The Kier molecular flexibility index (Phi) is 5.63. The maximum atomic E-state index is 12.5. The Morgan fingerprint density at radius 2 is 1.95 bits per heavy atom. The van der Waals surface area contributed by atoms with Gasteiger partial charge in [0.05, 0.1) is 6.61 Å². The standard InChI is InChI=1S/C18H26O2/c1-3-12-20-17-10-8-15(9-11-17)18(19)16-7-5-6-14(4-2)13-16/h8-11,14,16H,3-7,12-13H2,1-2H3. The molecule has 0 radical (unpaired) electrons. The van der Waals surface area contributed by atoms with Crippen molar-refractivity contribution in [2.24, 2.45) is 11.8 Å². The van der Waals surface area contributed by atoms with Gasteiger partial charge in [0.1, 0.15) is 5.75 Å². The molecule has 0 saturated heterocycles. The molecule has 0 spiro atoms. The molecule has 20 heavy (non-hydrogen) atoms. The predicted octanol–water partition coefficient (Wildman–Crippen LogP) is 4.87. The minimum Gasteiger partial charge on any atom is -0.494 e. The summed E-state index contributed by atoms with van der Waals surface area (Å²) in [4.78, 5) is 12.5. The molecule has 0 heterocycles. The highest BCUT2D eigenvalue weighted by atomic mass is 16.5. The van der Waals surface area contributed by atoms with E-state index in [1.165, 1.54) is 19.3 Å². The normalized spacial score (nSPS) is 22.5. The first kappa shape index (κ1) is 15.1. The van der Waals surface area contributed by atoms with E-state index in [-0.39, 0.29) is 5.92 Å². The van der Waals surface area contributed by atoms with Crippen LogP contribution in [0, 0.1) is 11.8 Å². The number of carbonyl (C=O) groups is 1. The smallest absolute Gasteiger partial charge is 0.165 e. The molecule has 2 atom stereocenters. The summed E-state index contributed by atoms with van der Waals surface area (Å²) in [6, 6.07) is 7.68. The highest BCUT2D eigenvalue weighted by Crippen LogP contribution is 2.33. The Morgan fingerprint density at radius 1 is 1.20 bits per heavy atom. The lowest BCUT2D eigenvalue weighted by Crippen LogP contribution is -2.22. The molecule has 1 aromatic rings. The highest BCUT2D eigenvalue weighted by Gasteiger charge is 2.26. The largest absolute Gasteiger partial charge is 0.494 e. The fraction of sp³-hybridized carbons (Fsp3) is 0.611. The quantitative estimate of drug-likeness (QED) is 0.691. The van der Waals surface area contributed by atoms with Crippen LogP contribution in [-0.4, -0.2) is 12.4 Å². The third-order valence-corrected chi connectivity index (χ3v) is 4.34. The van der Waals surface area contributed by atoms with Crippen molar-refractivity contribution in [2.45, 2.75) is 52.4 Å². The molecule has 1 aliphatic carbocycles. The van der Waals surface area contributed by atoms with Crippen molar-refractivity contribution >= 4 is 5.78 Å². The van der Waals surface area contributed by atoms with Gasteiger partial charge in [0.2, 0.25) is 0 Å². The lowest BCUT2D eigenvalue weighted by atomic mass is 9.77. The molecule has 1 fully saturated rings. The van der Waals surface area contributed by atoms with Gasteiger partial charge in [-0.25, -0.2) is 0 Å². The van der Waals surface area contributed by atoms with E-state index in [1.807, 2.05) is 24.3 Å². The number of ketones is 1. The van der Waals surface area contributed by atoms with Gasteiger partial charge in [-0.1, -0.05) is 33.1 Å². The second-order valence-electron chi connectivity index (χ2n) is 5.87. The molecule has 110 valence electrons. The van der Waals surface area contributed by atoms with E-state index in [0.717, 1.165) is 43.1 Å². The second-order valence-corrected chi connectivity index (χ2v) is 5.87. The van der Waals surface area contributed by atoms with Crippen LogP contribution in [0.4, 0.5) is 0 Å². The summed E-state index contributed by atoms with van der Waals surface area (Å²) >= 11 is 0. The number of hydrogen-bond donors (Lipinski definition) is 0. The molecule has 0 aliphatic heterocycles. The van der Waals surface area contributed by atoms with Crippen molar-refractivity contribution in [2.75, 3.05) is 6.61 Å².